The van der Waals surface area contributed by atoms with Gasteiger partial charge in [-0.1, -0.05) is 30.3 Å². The third kappa shape index (κ3) is 8.12. The minimum absolute atomic E-state index is 0. The molecule has 2 aliphatic heterocycles. The summed E-state index contributed by atoms with van der Waals surface area (Å²) in [5, 5.41) is 6.51. The summed E-state index contributed by atoms with van der Waals surface area (Å²) in [5.74, 6) is 1.48. The van der Waals surface area contributed by atoms with Crippen LogP contribution < -0.4 is 10.6 Å². The standard InChI is InChI=1S/C22H34N4O2.HI/c1-2-23-22(24-16-20-9-6-14-28-20)25-17-21(27)26-12-10-19(11-13-26)15-18-7-4-3-5-8-18;/h3-5,7-8,19-20H,2,6,9-17H2,1H3,(H2,23,24,25);1H. The largest absolute Gasteiger partial charge is 0.376 e. The molecule has 1 amide bonds. The number of guanidine groups is 1. The van der Waals surface area contributed by atoms with Gasteiger partial charge in [0.15, 0.2) is 5.96 Å². The van der Waals surface area contributed by atoms with Crippen molar-refractivity contribution in [3.63, 3.8) is 0 Å². The molecule has 6 nitrogen and oxygen atoms in total. The normalized spacial score (nSPS) is 20.2. The summed E-state index contributed by atoms with van der Waals surface area (Å²) in [6.07, 6.45) is 5.72. The van der Waals surface area contributed by atoms with Gasteiger partial charge in [0, 0.05) is 32.8 Å². The lowest BCUT2D eigenvalue weighted by molar-refractivity contribution is -0.130. The number of nitrogens with zero attached hydrogens (tertiary/aromatic N) is 2. The first-order chi connectivity index (χ1) is 13.7. The highest BCUT2D eigenvalue weighted by Gasteiger charge is 2.23. The summed E-state index contributed by atoms with van der Waals surface area (Å²) in [6.45, 7) is 6.27. The number of hydrogen-bond donors (Lipinski definition) is 2. The number of ether oxygens (including phenoxy) is 1. The lowest BCUT2D eigenvalue weighted by atomic mass is 9.90. The van der Waals surface area contributed by atoms with E-state index >= 15 is 0 Å². The third-order valence-electron chi connectivity index (χ3n) is 5.57. The van der Waals surface area contributed by atoms with E-state index in [1.165, 1.54) is 5.56 Å². The van der Waals surface area contributed by atoms with Crippen LogP contribution >= 0.6 is 24.0 Å². The molecule has 0 saturated carbocycles. The van der Waals surface area contributed by atoms with Crippen molar-refractivity contribution in [1.29, 1.82) is 0 Å². The first-order valence-electron chi connectivity index (χ1n) is 10.7. The number of piperidine rings is 1. The zero-order chi connectivity index (χ0) is 19.6. The van der Waals surface area contributed by atoms with Gasteiger partial charge in [-0.2, -0.15) is 0 Å². The van der Waals surface area contributed by atoms with Crippen LogP contribution in [0.25, 0.3) is 0 Å². The van der Waals surface area contributed by atoms with Crippen molar-refractivity contribution < 1.29 is 9.53 Å². The maximum atomic E-state index is 12.6. The molecule has 0 radical (unpaired) electrons. The van der Waals surface area contributed by atoms with Crippen LogP contribution in [-0.2, 0) is 16.0 Å². The molecule has 29 heavy (non-hydrogen) atoms. The maximum absolute atomic E-state index is 12.6. The maximum Gasteiger partial charge on any atom is 0.244 e. The summed E-state index contributed by atoms with van der Waals surface area (Å²) >= 11 is 0. The Morgan fingerprint density at radius 1 is 1.17 bits per heavy atom. The van der Waals surface area contributed by atoms with E-state index in [1.54, 1.807) is 0 Å². The Kier molecular flexibility index (Phi) is 10.8. The average Bonchev–Trinajstić information content (AvgIpc) is 3.25. The fourth-order valence-corrected chi connectivity index (χ4v) is 3.94. The van der Waals surface area contributed by atoms with E-state index in [0.717, 1.165) is 64.9 Å². The third-order valence-corrected chi connectivity index (χ3v) is 5.57. The van der Waals surface area contributed by atoms with E-state index in [4.69, 9.17) is 4.74 Å². The molecule has 1 unspecified atom stereocenters. The van der Waals surface area contributed by atoms with Crippen LogP contribution in [0.5, 0.6) is 0 Å². The number of amides is 1. The molecule has 0 bridgehead atoms. The molecule has 7 heteroatoms. The molecule has 2 fully saturated rings. The summed E-state index contributed by atoms with van der Waals surface area (Å²) in [5.41, 5.74) is 1.39. The number of halogens is 1. The number of carbonyl (C=O) groups is 1. The predicted octanol–water partition coefficient (Wildman–Crippen LogP) is 2.82. The van der Waals surface area contributed by atoms with Gasteiger partial charge in [0.2, 0.25) is 5.91 Å². The van der Waals surface area contributed by atoms with E-state index in [2.05, 4.69) is 46.0 Å². The second kappa shape index (κ2) is 13.1. The Morgan fingerprint density at radius 3 is 2.59 bits per heavy atom. The van der Waals surface area contributed by atoms with Gasteiger partial charge in [-0.05, 0) is 50.5 Å². The molecule has 1 aromatic carbocycles. The van der Waals surface area contributed by atoms with Crippen LogP contribution in [0.15, 0.2) is 35.3 Å². The molecule has 0 spiro atoms. The number of aliphatic imine (C=N–C) groups is 1. The molecule has 2 saturated heterocycles. The second-order valence-corrected chi connectivity index (χ2v) is 7.72. The van der Waals surface area contributed by atoms with Gasteiger partial charge in [0.05, 0.1) is 6.10 Å². The van der Waals surface area contributed by atoms with Gasteiger partial charge >= 0.3 is 0 Å². The molecule has 1 aromatic rings. The molecule has 2 aliphatic rings. The van der Waals surface area contributed by atoms with E-state index in [-0.39, 0.29) is 42.5 Å². The molecule has 2 heterocycles. The quantitative estimate of drug-likeness (QED) is 0.334. The Balaban J connectivity index is 0.00000300. The Labute approximate surface area is 191 Å². The van der Waals surface area contributed by atoms with Gasteiger partial charge in [0.1, 0.15) is 6.54 Å². The highest BCUT2D eigenvalue weighted by atomic mass is 127. The second-order valence-electron chi connectivity index (χ2n) is 7.72. The van der Waals surface area contributed by atoms with Gasteiger partial charge < -0.3 is 20.3 Å². The number of hydrogen-bond acceptors (Lipinski definition) is 3. The summed E-state index contributed by atoms with van der Waals surface area (Å²) in [4.78, 5) is 19.0. The van der Waals surface area contributed by atoms with Crippen molar-refractivity contribution >= 4 is 35.8 Å². The van der Waals surface area contributed by atoms with Crippen molar-refractivity contribution in [1.82, 2.24) is 15.5 Å². The van der Waals surface area contributed by atoms with Crippen LogP contribution in [0, 0.1) is 5.92 Å². The van der Waals surface area contributed by atoms with Gasteiger partial charge in [-0.25, -0.2) is 4.99 Å². The number of benzene rings is 1. The zero-order valence-electron chi connectivity index (χ0n) is 17.4. The summed E-state index contributed by atoms with van der Waals surface area (Å²) < 4.78 is 5.63. The van der Waals surface area contributed by atoms with Crippen molar-refractivity contribution in [2.24, 2.45) is 10.9 Å². The van der Waals surface area contributed by atoms with Crippen LogP contribution in [0.4, 0.5) is 0 Å². The molecule has 162 valence electrons. The average molecular weight is 514 g/mol. The van der Waals surface area contributed by atoms with E-state index < -0.39 is 0 Å². The van der Waals surface area contributed by atoms with Crippen molar-refractivity contribution in [3.8, 4) is 0 Å². The van der Waals surface area contributed by atoms with Crippen molar-refractivity contribution in [2.75, 3.05) is 39.3 Å². The van der Waals surface area contributed by atoms with E-state index in [9.17, 15) is 4.79 Å². The Morgan fingerprint density at radius 2 is 1.93 bits per heavy atom. The fourth-order valence-electron chi connectivity index (χ4n) is 3.94. The number of carbonyl (C=O) groups excluding carboxylic acids is 1. The highest BCUT2D eigenvalue weighted by molar-refractivity contribution is 14.0. The molecule has 3 rings (SSSR count). The smallest absolute Gasteiger partial charge is 0.244 e. The molecule has 0 aromatic heterocycles. The lowest BCUT2D eigenvalue weighted by Crippen LogP contribution is -2.43. The highest BCUT2D eigenvalue weighted by Crippen LogP contribution is 2.21. The van der Waals surface area contributed by atoms with Crippen LogP contribution in [0.1, 0.15) is 38.2 Å². The lowest BCUT2D eigenvalue weighted by Gasteiger charge is -2.32. The zero-order valence-corrected chi connectivity index (χ0v) is 19.8. The van der Waals surface area contributed by atoms with Crippen LogP contribution in [0.2, 0.25) is 0 Å². The Bertz CT molecular complexity index is 627. The van der Waals surface area contributed by atoms with Crippen LogP contribution in [-0.4, -0.2) is 62.2 Å². The predicted molar refractivity (Wildman–Crippen MR) is 128 cm³/mol. The first kappa shape index (κ1) is 23.9. The molecule has 0 aliphatic carbocycles. The van der Waals surface area contributed by atoms with E-state index in [0.29, 0.717) is 11.9 Å². The van der Waals surface area contributed by atoms with E-state index in [1.807, 2.05) is 11.8 Å². The fraction of sp³-hybridized carbons (Fsp3) is 0.636. The summed E-state index contributed by atoms with van der Waals surface area (Å²) in [6, 6.07) is 10.6. The van der Waals surface area contributed by atoms with Gasteiger partial charge in [-0.3, -0.25) is 4.79 Å². The number of likely N-dealkylation sites (tertiary alicyclic amines) is 1. The first-order valence-corrected chi connectivity index (χ1v) is 10.7. The number of rotatable bonds is 7. The monoisotopic (exact) mass is 514 g/mol. The topological polar surface area (TPSA) is 66.0 Å². The Hall–Kier alpha value is -1.35. The van der Waals surface area contributed by atoms with Crippen molar-refractivity contribution in [3.05, 3.63) is 35.9 Å². The van der Waals surface area contributed by atoms with Crippen LogP contribution in [0.3, 0.4) is 0 Å². The molecule has 1 atom stereocenters. The minimum Gasteiger partial charge on any atom is -0.376 e. The van der Waals surface area contributed by atoms with Crippen molar-refractivity contribution in [2.45, 2.75) is 45.1 Å². The van der Waals surface area contributed by atoms with Gasteiger partial charge in [-0.15, -0.1) is 24.0 Å². The summed E-state index contributed by atoms with van der Waals surface area (Å²) in [7, 11) is 0. The molecule has 2 N–H and O–H groups in total. The molecular formula is C22H35IN4O2. The molecular weight excluding hydrogens is 479 g/mol. The number of nitrogens with one attached hydrogen (secondary N) is 2. The minimum atomic E-state index is 0. The van der Waals surface area contributed by atoms with Gasteiger partial charge in [0.25, 0.3) is 0 Å². The SMILES string of the molecule is CCNC(=NCC(=O)N1CCC(Cc2ccccc2)CC1)NCC1CCCO1.I.